The molecule has 0 N–H and O–H groups in total. The smallest absolute Gasteiger partial charge is 0.390 e. The van der Waals surface area contributed by atoms with Crippen molar-refractivity contribution in [3.8, 4) is 0 Å². The van der Waals surface area contributed by atoms with Crippen LogP contribution >= 0.6 is 0 Å². The second-order valence-electron chi connectivity index (χ2n) is 5.30. The zero-order valence-corrected chi connectivity index (χ0v) is 12.2. The third kappa shape index (κ3) is 4.33. The third-order valence-electron chi connectivity index (χ3n) is 3.26. The van der Waals surface area contributed by atoms with Gasteiger partial charge in [0.1, 0.15) is 0 Å². The van der Waals surface area contributed by atoms with Gasteiger partial charge in [-0.15, -0.1) is 0 Å². The summed E-state index contributed by atoms with van der Waals surface area (Å²) in [5.41, 5.74) is -0.554. The Bertz CT molecular complexity index is 306. The van der Waals surface area contributed by atoms with Gasteiger partial charge in [0, 0.05) is 26.1 Å². The van der Waals surface area contributed by atoms with Crippen molar-refractivity contribution in [3.05, 3.63) is 0 Å². The fraction of sp³-hybridized carbons (Fsp3) is 0.833. The number of hydrogen-bond acceptors (Lipinski definition) is 4. The molecule has 0 atom stereocenters. The van der Waals surface area contributed by atoms with Gasteiger partial charge in [0.25, 0.3) is 0 Å². The lowest BCUT2D eigenvalue weighted by Crippen LogP contribution is -2.51. The van der Waals surface area contributed by atoms with Crippen LogP contribution in [0.2, 0.25) is 0 Å². The first-order chi connectivity index (χ1) is 8.14. The quantitative estimate of drug-likeness (QED) is 0.665. The van der Waals surface area contributed by atoms with Crippen molar-refractivity contribution in [3.63, 3.8) is 0 Å². The van der Waals surface area contributed by atoms with Crippen LogP contribution in [0.4, 0.5) is 4.79 Å². The lowest BCUT2D eigenvalue weighted by Gasteiger charge is -2.36. The van der Waals surface area contributed by atoms with Crippen LogP contribution in [0, 0.1) is 5.92 Å². The number of ketones is 1. The maximum absolute atomic E-state index is 12.1. The van der Waals surface area contributed by atoms with Gasteiger partial charge in [-0.05, 0) is 20.9 Å². The van der Waals surface area contributed by atoms with Crippen LogP contribution < -0.4 is 0 Å². The molecule has 0 aliphatic heterocycles. The van der Waals surface area contributed by atoms with Crippen molar-refractivity contribution >= 4 is 19.9 Å². The molecule has 0 saturated carbocycles. The maximum atomic E-state index is 12.1. The summed E-state index contributed by atoms with van der Waals surface area (Å²) < 4.78 is 4.12. The largest absolute Gasteiger partial charge is 0.528 e. The highest BCUT2D eigenvalue weighted by molar-refractivity contribution is 6.04. The average molecular weight is 254 g/mol. The van der Waals surface area contributed by atoms with Gasteiger partial charge in [0.05, 0.1) is 5.54 Å². The van der Waals surface area contributed by atoms with E-state index in [1.807, 2.05) is 39.6 Å². The summed E-state index contributed by atoms with van der Waals surface area (Å²) in [5, 5.41) is 0. The van der Waals surface area contributed by atoms with Crippen molar-refractivity contribution in [1.29, 1.82) is 0 Å². The van der Waals surface area contributed by atoms with E-state index in [2.05, 4.69) is 4.65 Å². The Morgan fingerprint density at radius 1 is 1.22 bits per heavy atom. The van der Waals surface area contributed by atoms with Crippen LogP contribution in [0.15, 0.2) is 0 Å². The molecular weight excluding hydrogens is 231 g/mol. The predicted octanol–water partition coefficient (Wildman–Crippen LogP) is 1.07. The van der Waals surface area contributed by atoms with E-state index in [4.69, 9.17) is 8.05 Å². The van der Waals surface area contributed by atoms with Crippen LogP contribution in [0.5, 0.6) is 0 Å². The first-order valence-electron chi connectivity index (χ1n) is 6.02. The molecule has 102 valence electrons. The lowest BCUT2D eigenvalue weighted by molar-refractivity contribution is -0.131. The molecule has 0 aliphatic carbocycles. The van der Waals surface area contributed by atoms with Gasteiger partial charge in [-0.2, -0.15) is 0 Å². The van der Waals surface area contributed by atoms with E-state index in [0.29, 0.717) is 13.1 Å². The summed E-state index contributed by atoms with van der Waals surface area (Å²) in [5.74, 6) is 0.156. The predicted molar refractivity (Wildman–Crippen MR) is 71.4 cm³/mol. The number of Topliss-reactive ketones (excluding diaryl/α,β-unsaturated/α-hetero) is 1. The summed E-state index contributed by atoms with van der Waals surface area (Å²) in [6.07, 6.45) is -0.587. The standard InChI is InChI=1S/C12H23BN2O3/c1-9(2)10(16)12(3,4)15(6)8-7-14(5)11(17)18-13/h9H,7-8H2,1-6H3. The van der Waals surface area contributed by atoms with E-state index in [1.54, 1.807) is 7.05 Å². The highest BCUT2D eigenvalue weighted by Gasteiger charge is 2.33. The molecule has 0 fully saturated rings. The summed E-state index contributed by atoms with van der Waals surface area (Å²) >= 11 is 0. The zero-order chi connectivity index (χ0) is 14.5. The fourth-order valence-electron chi connectivity index (χ4n) is 1.66. The molecule has 0 aromatic heterocycles. The molecule has 2 radical (unpaired) electrons. The normalized spacial score (nSPS) is 11.8. The summed E-state index contributed by atoms with van der Waals surface area (Å²) in [4.78, 5) is 26.5. The van der Waals surface area contributed by atoms with E-state index in [-0.39, 0.29) is 11.7 Å². The number of carbonyl (C=O) groups excluding carboxylic acids is 2. The van der Waals surface area contributed by atoms with Crippen molar-refractivity contribution in [1.82, 2.24) is 9.80 Å². The number of nitrogens with zero attached hydrogens (tertiary/aromatic N) is 2. The van der Waals surface area contributed by atoms with Crippen LogP contribution in [0.3, 0.4) is 0 Å². The molecule has 0 aromatic rings. The van der Waals surface area contributed by atoms with Gasteiger partial charge in [0.15, 0.2) is 5.78 Å². The third-order valence-corrected chi connectivity index (χ3v) is 3.26. The van der Waals surface area contributed by atoms with Crippen LogP contribution in [0.1, 0.15) is 27.7 Å². The van der Waals surface area contributed by atoms with Crippen molar-refractivity contribution in [2.45, 2.75) is 33.2 Å². The van der Waals surface area contributed by atoms with Gasteiger partial charge in [0.2, 0.25) is 0 Å². The Balaban J connectivity index is 4.44. The second kappa shape index (κ2) is 6.78. The SMILES string of the molecule is [B]OC(=O)N(C)CCN(C)C(C)(C)C(=O)C(C)C. The molecule has 0 bridgehead atoms. The summed E-state index contributed by atoms with van der Waals surface area (Å²) in [6.45, 7) is 8.55. The molecule has 0 unspecified atom stereocenters. The summed E-state index contributed by atoms with van der Waals surface area (Å²) in [7, 11) is 8.25. The number of rotatable bonds is 6. The molecular formula is C12H23BN2O3. The molecule has 18 heavy (non-hydrogen) atoms. The second-order valence-corrected chi connectivity index (χ2v) is 5.30. The first kappa shape index (κ1) is 17.0. The topological polar surface area (TPSA) is 49.9 Å². The molecule has 0 rings (SSSR count). The van der Waals surface area contributed by atoms with E-state index >= 15 is 0 Å². The first-order valence-corrected chi connectivity index (χ1v) is 6.02. The average Bonchev–Trinajstić information content (AvgIpc) is 2.32. The van der Waals surface area contributed by atoms with E-state index in [1.165, 1.54) is 4.90 Å². The molecule has 1 amide bonds. The van der Waals surface area contributed by atoms with E-state index in [0.717, 1.165) is 0 Å². The number of carbonyl (C=O) groups is 2. The Labute approximate surface area is 111 Å². The molecule has 0 saturated heterocycles. The minimum absolute atomic E-state index is 0.0193. The highest BCUT2D eigenvalue weighted by atomic mass is 16.5. The molecule has 0 aromatic carbocycles. The summed E-state index contributed by atoms with van der Waals surface area (Å²) in [6, 6.07) is 0. The Morgan fingerprint density at radius 2 is 1.72 bits per heavy atom. The van der Waals surface area contributed by atoms with Crippen LogP contribution in [0.25, 0.3) is 0 Å². The Morgan fingerprint density at radius 3 is 2.11 bits per heavy atom. The minimum atomic E-state index is -0.587. The monoisotopic (exact) mass is 254 g/mol. The van der Waals surface area contributed by atoms with E-state index < -0.39 is 11.6 Å². The van der Waals surface area contributed by atoms with Crippen LogP contribution in [-0.2, 0) is 9.45 Å². The Kier molecular flexibility index (Phi) is 6.39. The highest BCUT2D eigenvalue weighted by Crippen LogP contribution is 2.18. The number of amides is 1. The number of likely N-dealkylation sites (N-methyl/N-ethyl adjacent to an activating group) is 2. The van der Waals surface area contributed by atoms with Gasteiger partial charge in [-0.25, -0.2) is 4.79 Å². The minimum Gasteiger partial charge on any atom is -0.528 e. The molecule has 0 aliphatic rings. The maximum Gasteiger partial charge on any atom is 0.390 e. The van der Waals surface area contributed by atoms with E-state index in [9.17, 15) is 9.59 Å². The van der Waals surface area contributed by atoms with Gasteiger partial charge in [-0.3, -0.25) is 9.69 Å². The van der Waals surface area contributed by atoms with Crippen molar-refractivity contribution in [2.75, 3.05) is 27.2 Å². The lowest BCUT2D eigenvalue weighted by atomic mass is 9.89. The van der Waals surface area contributed by atoms with Crippen molar-refractivity contribution < 1.29 is 14.2 Å². The van der Waals surface area contributed by atoms with Crippen LogP contribution in [-0.4, -0.2) is 62.4 Å². The number of hydrogen-bond donors (Lipinski definition) is 0. The van der Waals surface area contributed by atoms with Gasteiger partial charge in [-0.1, -0.05) is 13.8 Å². The zero-order valence-electron chi connectivity index (χ0n) is 12.2. The van der Waals surface area contributed by atoms with Gasteiger partial charge < -0.3 is 9.55 Å². The van der Waals surface area contributed by atoms with Gasteiger partial charge >= 0.3 is 14.1 Å². The molecule has 0 spiro atoms. The molecule has 0 heterocycles. The molecule has 6 heteroatoms. The molecule has 5 nitrogen and oxygen atoms in total. The fourth-order valence-corrected chi connectivity index (χ4v) is 1.66. The Hall–Kier alpha value is -1.04. The van der Waals surface area contributed by atoms with Crippen molar-refractivity contribution in [2.24, 2.45) is 5.92 Å².